The molecule has 1 heterocycles. The van der Waals surface area contributed by atoms with Crippen molar-refractivity contribution in [1.82, 2.24) is 0 Å². The van der Waals surface area contributed by atoms with Crippen molar-refractivity contribution in [3.8, 4) is 0 Å². The molecular weight excluding hydrogens is 222 g/mol. The zero-order valence-electron chi connectivity index (χ0n) is 9.48. The SMILES string of the molecule is CCC1=C(SCCCC(=O)O)C=CCN=C1. The highest BCUT2D eigenvalue weighted by molar-refractivity contribution is 8.03. The molecule has 0 unspecified atom stereocenters. The average Bonchev–Trinajstić information content (AvgIpc) is 2.48. The zero-order valence-corrected chi connectivity index (χ0v) is 10.3. The molecule has 0 saturated carbocycles. The maximum atomic E-state index is 10.4. The van der Waals surface area contributed by atoms with Gasteiger partial charge in [-0.3, -0.25) is 9.79 Å². The van der Waals surface area contributed by atoms with E-state index in [-0.39, 0.29) is 6.42 Å². The van der Waals surface area contributed by atoms with Gasteiger partial charge in [0.15, 0.2) is 0 Å². The fourth-order valence-corrected chi connectivity index (χ4v) is 2.45. The Bertz CT molecular complexity index is 332. The number of nitrogens with zero attached hydrogens (tertiary/aromatic N) is 1. The van der Waals surface area contributed by atoms with Gasteiger partial charge in [0.05, 0.1) is 6.54 Å². The number of carbonyl (C=O) groups is 1. The Morgan fingerprint density at radius 3 is 3.12 bits per heavy atom. The highest BCUT2D eigenvalue weighted by Crippen LogP contribution is 2.24. The number of carboxylic acid groups (broad SMARTS) is 1. The number of allylic oxidation sites excluding steroid dienone is 2. The molecule has 0 aliphatic carbocycles. The van der Waals surface area contributed by atoms with E-state index >= 15 is 0 Å². The zero-order chi connectivity index (χ0) is 11.8. The van der Waals surface area contributed by atoms with E-state index in [1.54, 1.807) is 11.8 Å². The summed E-state index contributed by atoms with van der Waals surface area (Å²) in [4.78, 5) is 15.9. The van der Waals surface area contributed by atoms with Crippen LogP contribution in [0.15, 0.2) is 27.6 Å². The number of hydrogen-bond donors (Lipinski definition) is 1. The van der Waals surface area contributed by atoms with E-state index in [9.17, 15) is 4.79 Å². The van der Waals surface area contributed by atoms with Crippen molar-refractivity contribution in [2.75, 3.05) is 12.3 Å². The second kappa shape index (κ2) is 7.28. The minimum Gasteiger partial charge on any atom is -0.481 e. The summed E-state index contributed by atoms with van der Waals surface area (Å²) in [6.45, 7) is 2.85. The van der Waals surface area contributed by atoms with Crippen LogP contribution in [0.5, 0.6) is 0 Å². The molecule has 3 nitrogen and oxygen atoms in total. The fourth-order valence-electron chi connectivity index (χ4n) is 1.37. The van der Waals surface area contributed by atoms with Gasteiger partial charge in [0, 0.05) is 17.5 Å². The highest BCUT2D eigenvalue weighted by Gasteiger charge is 2.04. The molecule has 1 N–H and O–H groups in total. The molecule has 1 rings (SSSR count). The first kappa shape index (κ1) is 13.0. The molecule has 0 radical (unpaired) electrons. The summed E-state index contributed by atoms with van der Waals surface area (Å²) >= 11 is 1.72. The topological polar surface area (TPSA) is 49.7 Å². The Morgan fingerprint density at radius 1 is 1.62 bits per heavy atom. The van der Waals surface area contributed by atoms with E-state index in [1.165, 1.54) is 10.5 Å². The van der Waals surface area contributed by atoms with Crippen molar-refractivity contribution >= 4 is 23.9 Å². The predicted octanol–water partition coefficient (Wildman–Crippen LogP) is 2.89. The Balaban J connectivity index is 2.46. The van der Waals surface area contributed by atoms with Crippen LogP contribution in [0.3, 0.4) is 0 Å². The first-order valence-electron chi connectivity index (χ1n) is 5.48. The second-order valence-corrected chi connectivity index (χ2v) is 4.62. The van der Waals surface area contributed by atoms with Crippen molar-refractivity contribution in [3.63, 3.8) is 0 Å². The summed E-state index contributed by atoms with van der Waals surface area (Å²) in [7, 11) is 0. The molecule has 0 fully saturated rings. The van der Waals surface area contributed by atoms with Crippen molar-refractivity contribution in [2.24, 2.45) is 4.99 Å². The van der Waals surface area contributed by atoms with E-state index in [0.29, 0.717) is 6.42 Å². The van der Waals surface area contributed by atoms with Crippen LogP contribution in [-0.2, 0) is 4.79 Å². The van der Waals surface area contributed by atoms with E-state index in [1.807, 2.05) is 12.3 Å². The molecule has 0 saturated heterocycles. The molecule has 16 heavy (non-hydrogen) atoms. The average molecular weight is 239 g/mol. The van der Waals surface area contributed by atoms with Gasteiger partial charge in [-0.05, 0) is 24.2 Å². The smallest absolute Gasteiger partial charge is 0.303 e. The lowest BCUT2D eigenvalue weighted by Crippen LogP contribution is -1.95. The molecule has 0 amide bonds. The van der Waals surface area contributed by atoms with E-state index in [0.717, 1.165) is 18.7 Å². The molecule has 0 aromatic rings. The number of aliphatic carboxylic acids is 1. The molecule has 0 spiro atoms. The maximum Gasteiger partial charge on any atom is 0.303 e. The van der Waals surface area contributed by atoms with Gasteiger partial charge in [-0.1, -0.05) is 19.1 Å². The number of carboxylic acids is 1. The summed E-state index contributed by atoms with van der Waals surface area (Å²) in [5.41, 5.74) is 1.24. The van der Waals surface area contributed by atoms with Crippen LogP contribution in [0, 0.1) is 0 Å². The number of aliphatic imine (C=N–C) groups is 1. The van der Waals surface area contributed by atoms with Gasteiger partial charge in [0.25, 0.3) is 0 Å². The Labute approximate surface area is 100 Å². The van der Waals surface area contributed by atoms with Crippen molar-refractivity contribution in [2.45, 2.75) is 26.2 Å². The summed E-state index contributed by atoms with van der Waals surface area (Å²) in [6.07, 6.45) is 8.00. The summed E-state index contributed by atoms with van der Waals surface area (Å²) in [5, 5.41) is 8.54. The normalized spacial score (nSPS) is 15.3. The van der Waals surface area contributed by atoms with Gasteiger partial charge in [-0.25, -0.2) is 0 Å². The van der Waals surface area contributed by atoms with Crippen molar-refractivity contribution in [1.29, 1.82) is 0 Å². The van der Waals surface area contributed by atoms with Crippen LogP contribution in [0.25, 0.3) is 0 Å². The van der Waals surface area contributed by atoms with Gasteiger partial charge < -0.3 is 5.11 Å². The monoisotopic (exact) mass is 239 g/mol. The van der Waals surface area contributed by atoms with Crippen LogP contribution in [0.4, 0.5) is 0 Å². The number of thioether (sulfide) groups is 1. The molecule has 88 valence electrons. The fraction of sp³-hybridized carbons (Fsp3) is 0.500. The van der Waals surface area contributed by atoms with Gasteiger partial charge in [0.1, 0.15) is 0 Å². The number of hydrogen-bond acceptors (Lipinski definition) is 3. The van der Waals surface area contributed by atoms with Crippen LogP contribution >= 0.6 is 11.8 Å². The number of rotatable bonds is 6. The van der Waals surface area contributed by atoms with Gasteiger partial charge in [-0.2, -0.15) is 0 Å². The van der Waals surface area contributed by atoms with E-state index in [2.05, 4.69) is 18.0 Å². The lowest BCUT2D eigenvalue weighted by atomic mass is 10.2. The van der Waals surface area contributed by atoms with Gasteiger partial charge >= 0.3 is 5.97 Å². The molecule has 0 aromatic heterocycles. The van der Waals surface area contributed by atoms with Crippen molar-refractivity contribution in [3.05, 3.63) is 22.6 Å². The van der Waals surface area contributed by atoms with E-state index in [4.69, 9.17) is 5.11 Å². The second-order valence-electron chi connectivity index (χ2n) is 3.49. The van der Waals surface area contributed by atoms with E-state index < -0.39 is 5.97 Å². The van der Waals surface area contributed by atoms with Crippen LogP contribution in [-0.4, -0.2) is 29.6 Å². The van der Waals surface area contributed by atoms with Gasteiger partial charge in [-0.15, -0.1) is 11.8 Å². The molecule has 0 bridgehead atoms. The maximum absolute atomic E-state index is 10.4. The van der Waals surface area contributed by atoms with Crippen LogP contribution < -0.4 is 0 Å². The Hall–Kier alpha value is -1.03. The summed E-state index contributed by atoms with van der Waals surface area (Å²) in [6, 6.07) is 0. The lowest BCUT2D eigenvalue weighted by Gasteiger charge is -2.05. The highest BCUT2D eigenvalue weighted by atomic mass is 32.2. The lowest BCUT2D eigenvalue weighted by molar-refractivity contribution is -0.137. The first-order chi connectivity index (χ1) is 7.74. The van der Waals surface area contributed by atoms with Crippen LogP contribution in [0.1, 0.15) is 26.2 Å². The largest absolute Gasteiger partial charge is 0.481 e. The van der Waals surface area contributed by atoms with Gasteiger partial charge in [0.2, 0.25) is 0 Å². The standard InChI is InChI=1S/C12H17NO2S/c1-2-10-9-13-7-3-5-11(10)16-8-4-6-12(14)15/h3,5,9H,2,4,6-8H2,1H3,(H,14,15). The minimum absolute atomic E-state index is 0.250. The summed E-state index contributed by atoms with van der Waals surface area (Å²) < 4.78 is 0. The Morgan fingerprint density at radius 2 is 2.44 bits per heavy atom. The quantitative estimate of drug-likeness (QED) is 0.725. The first-order valence-corrected chi connectivity index (χ1v) is 6.46. The third-order valence-electron chi connectivity index (χ3n) is 2.22. The molecule has 4 heteroatoms. The predicted molar refractivity (Wildman–Crippen MR) is 69.1 cm³/mol. The molecule has 0 atom stereocenters. The molecule has 0 aromatic carbocycles. The van der Waals surface area contributed by atoms with Crippen molar-refractivity contribution < 1.29 is 9.90 Å². The summed E-state index contributed by atoms with van der Waals surface area (Å²) in [5.74, 6) is 0.131. The minimum atomic E-state index is -0.719. The van der Waals surface area contributed by atoms with Crippen LogP contribution in [0.2, 0.25) is 0 Å². The molecule has 1 aliphatic rings. The third kappa shape index (κ3) is 4.66. The Kier molecular flexibility index (Phi) is 5.93. The molecule has 1 aliphatic heterocycles. The molecular formula is C12H17NO2S. The third-order valence-corrected chi connectivity index (χ3v) is 3.42.